The summed E-state index contributed by atoms with van der Waals surface area (Å²) >= 11 is 11.8. The van der Waals surface area contributed by atoms with Gasteiger partial charge in [-0.05, 0) is 24.6 Å². The summed E-state index contributed by atoms with van der Waals surface area (Å²) in [5, 5.41) is 3.45. The molecule has 3 N–H and O–H groups in total. The second kappa shape index (κ2) is 6.09. The van der Waals surface area contributed by atoms with Gasteiger partial charge in [-0.2, -0.15) is 0 Å². The summed E-state index contributed by atoms with van der Waals surface area (Å²) in [5.41, 5.74) is 5.77. The molecule has 16 heavy (non-hydrogen) atoms. The quantitative estimate of drug-likeness (QED) is 0.873. The van der Waals surface area contributed by atoms with E-state index in [9.17, 15) is 4.79 Å². The summed E-state index contributed by atoms with van der Waals surface area (Å²) < 4.78 is 0. The molecule has 1 unspecified atom stereocenters. The fourth-order valence-electron chi connectivity index (χ4n) is 1.15. The zero-order chi connectivity index (χ0) is 12.1. The minimum atomic E-state index is -0.268. The first-order valence-corrected chi connectivity index (χ1v) is 5.74. The summed E-state index contributed by atoms with van der Waals surface area (Å²) in [6.45, 7) is 2.99. The van der Waals surface area contributed by atoms with Crippen molar-refractivity contribution in [2.45, 2.75) is 6.92 Å². The van der Waals surface area contributed by atoms with E-state index in [1.165, 1.54) is 0 Å². The average Bonchev–Trinajstić information content (AvgIpc) is 2.25. The van der Waals surface area contributed by atoms with Crippen LogP contribution in [0, 0.1) is 5.92 Å². The van der Waals surface area contributed by atoms with Crippen molar-refractivity contribution in [3.8, 4) is 0 Å². The number of nitrogens with two attached hydrogens (primary N) is 1. The van der Waals surface area contributed by atoms with E-state index in [-0.39, 0.29) is 11.8 Å². The Labute approximate surface area is 105 Å². The third kappa shape index (κ3) is 3.37. The van der Waals surface area contributed by atoms with Crippen LogP contribution in [0.25, 0.3) is 0 Å². The zero-order valence-electron chi connectivity index (χ0n) is 8.97. The molecule has 88 valence electrons. The van der Waals surface area contributed by atoms with Gasteiger partial charge in [0.2, 0.25) is 0 Å². The molecule has 0 radical (unpaired) electrons. The van der Waals surface area contributed by atoms with Gasteiger partial charge in [0.05, 0.1) is 15.6 Å². The van der Waals surface area contributed by atoms with E-state index in [1.54, 1.807) is 18.2 Å². The van der Waals surface area contributed by atoms with E-state index in [4.69, 9.17) is 28.9 Å². The topological polar surface area (TPSA) is 55.1 Å². The molecule has 0 spiro atoms. The van der Waals surface area contributed by atoms with E-state index < -0.39 is 0 Å². The largest absolute Gasteiger partial charge is 0.352 e. The average molecular weight is 261 g/mol. The second-order valence-corrected chi connectivity index (χ2v) is 4.46. The van der Waals surface area contributed by atoms with Gasteiger partial charge < -0.3 is 11.1 Å². The Morgan fingerprint density at radius 3 is 2.50 bits per heavy atom. The highest BCUT2D eigenvalue weighted by Crippen LogP contribution is 2.23. The molecule has 1 amide bonds. The molecule has 1 aromatic rings. The van der Waals surface area contributed by atoms with Crippen molar-refractivity contribution in [1.82, 2.24) is 5.32 Å². The first-order chi connectivity index (χ1) is 7.56. The molecule has 3 nitrogen and oxygen atoms in total. The first-order valence-electron chi connectivity index (χ1n) is 4.98. The standard InChI is InChI=1S/C11H14Cl2N2O/c1-7(5-14)6-15-11(16)10-8(12)3-2-4-9(10)13/h2-4,7H,5-6,14H2,1H3,(H,15,16). The SMILES string of the molecule is CC(CN)CNC(=O)c1c(Cl)cccc1Cl. The van der Waals surface area contributed by atoms with Gasteiger partial charge in [-0.1, -0.05) is 36.2 Å². The monoisotopic (exact) mass is 260 g/mol. The first kappa shape index (κ1) is 13.3. The smallest absolute Gasteiger partial charge is 0.254 e. The normalized spacial score (nSPS) is 12.2. The van der Waals surface area contributed by atoms with Crippen LogP contribution < -0.4 is 11.1 Å². The van der Waals surface area contributed by atoms with Crippen molar-refractivity contribution in [2.24, 2.45) is 11.7 Å². The lowest BCUT2D eigenvalue weighted by Gasteiger charge is -2.11. The summed E-state index contributed by atoms with van der Waals surface area (Å²) in [5.74, 6) is -0.0406. The summed E-state index contributed by atoms with van der Waals surface area (Å²) in [6, 6.07) is 4.97. The van der Waals surface area contributed by atoms with Crippen molar-refractivity contribution >= 4 is 29.1 Å². The minimum Gasteiger partial charge on any atom is -0.352 e. The minimum absolute atomic E-state index is 0.227. The molecule has 0 saturated carbocycles. The number of hydrogen-bond donors (Lipinski definition) is 2. The predicted molar refractivity (Wildman–Crippen MR) is 67.0 cm³/mol. The number of carbonyl (C=O) groups excluding carboxylic acids is 1. The van der Waals surface area contributed by atoms with E-state index in [0.717, 1.165) is 0 Å². The fourth-order valence-corrected chi connectivity index (χ4v) is 1.72. The number of halogens is 2. The molecular weight excluding hydrogens is 247 g/mol. The van der Waals surface area contributed by atoms with Gasteiger partial charge in [-0.15, -0.1) is 0 Å². The van der Waals surface area contributed by atoms with Crippen molar-refractivity contribution in [3.05, 3.63) is 33.8 Å². The van der Waals surface area contributed by atoms with Gasteiger partial charge in [0, 0.05) is 6.54 Å². The van der Waals surface area contributed by atoms with Crippen LogP contribution in [0.5, 0.6) is 0 Å². The van der Waals surface area contributed by atoms with Crippen LogP contribution in [0.15, 0.2) is 18.2 Å². The van der Waals surface area contributed by atoms with Crippen molar-refractivity contribution in [2.75, 3.05) is 13.1 Å². The molecule has 1 atom stereocenters. The van der Waals surface area contributed by atoms with Gasteiger partial charge in [0.15, 0.2) is 0 Å². The van der Waals surface area contributed by atoms with E-state index >= 15 is 0 Å². The van der Waals surface area contributed by atoms with Crippen LogP contribution in [0.2, 0.25) is 10.0 Å². The van der Waals surface area contributed by atoms with Gasteiger partial charge >= 0.3 is 0 Å². The second-order valence-electron chi connectivity index (χ2n) is 3.65. The third-order valence-electron chi connectivity index (χ3n) is 2.20. The van der Waals surface area contributed by atoms with Crippen LogP contribution in [0.1, 0.15) is 17.3 Å². The van der Waals surface area contributed by atoms with Crippen LogP contribution in [0.4, 0.5) is 0 Å². The number of benzene rings is 1. The Hall–Kier alpha value is -0.770. The van der Waals surface area contributed by atoms with Gasteiger partial charge in [0.1, 0.15) is 0 Å². The highest BCUT2D eigenvalue weighted by molar-refractivity contribution is 6.39. The van der Waals surface area contributed by atoms with Crippen LogP contribution in [-0.2, 0) is 0 Å². The maximum Gasteiger partial charge on any atom is 0.254 e. The number of carbonyl (C=O) groups is 1. The molecule has 0 aliphatic carbocycles. The van der Waals surface area contributed by atoms with Crippen molar-refractivity contribution in [1.29, 1.82) is 0 Å². The van der Waals surface area contributed by atoms with Crippen molar-refractivity contribution < 1.29 is 4.79 Å². The summed E-state index contributed by atoms with van der Waals surface area (Å²) in [4.78, 5) is 11.8. The Morgan fingerprint density at radius 2 is 2.00 bits per heavy atom. The van der Waals surface area contributed by atoms with E-state index in [1.807, 2.05) is 6.92 Å². The zero-order valence-corrected chi connectivity index (χ0v) is 10.5. The van der Waals surface area contributed by atoms with Crippen LogP contribution in [-0.4, -0.2) is 19.0 Å². The fraction of sp³-hybridized carbons (Fsp3) is 0.364. The van der Waals surface area contributed by atoms with Crippen LogP contribution in [0.3, 0.4) is 0 Å². The number of rotatable bonds is 4. The number of hydrogen-bond acceptors (Lipinski definition) is 2. The maximum absolute atomic E-state index is 11.8. The Balaban J connectivity index is 2.73. The molecule has 0 saturated heterocycles. The molecular formula is C11H14Cl2N2O. The molecule has 1 aromatic carbocycles. The molecule has 0 heterocycles. The van der Waals surface area contributed by atoms with Crippen LogP contribution >= 0.6 is 23.2 Å². The summed E-state index contributed by atoms with van der Waals surface area (Å²) in [6.07, 6.45) is 0. The maximum atomic E-state index is 11.8. The summed E-state index contributed by atoms with van der Waals surface area (Å²) in [7, 11) is 0. The predicted octanol–water partition coefficient (Wildman–Crippen LogP) is 2.32. The lowest BCUT2D eigenvalue weighted by Crippen LogP contribution is -2.31. The van der Waals surface area contributed by atoms with Gasteiger partial charge in [-0.25, -0.2) is 0 Å². The molecule has 0 aromatic heterocycles. The van der Waals surface area contributed by atoms with E-state index in [2.05, 4.69) is 5.32 Å². The Kier molecular flexibility index (Phi) is 5.06. The molecule has 0 bridgehead atoms. The van der Waals surface area contributed by atoms with Crippen molar-refractivity contribution in [3.63, 3.8) is 0 Å². The highest BCUT2D eigenvalue weighted by Gasteiger charge is 2.14. The molecule has 0 aliphatic heterocycles. The highest BCUT2D eigenvalue weighted by atomic mass is 35.5. The number of nitrogens with one attached hydrogen (secondary N) is 1. The Morgan fingerprint density at radius 1 is 1.44 bits per heavy atom. The molecule has 5 heteroatoms. The molecule has 1 rings (SSSR count). The third-order valence-corrected chi connectivity index (χ3v) is 2.83. The van der Waals surface area contributed by atoms with Gasteiger partial charge in [-0.3, -0.25) is 4.79 Å². The number of amides is 1. The molecule has 0 fully saturated rings. The Bertz CT molecular complexity index is 362. The lowest BCUT2D eigenvalue weighted by atomic mass is 10.1. The van der Waals surface area contributed by atoms with Gasteiger partial charge in [0.25, 0.3) is 5.91 Å². The van der Waals surface area contributed by atoms with E-state index in [0.29, 0.717) is 28.7 Å². The lowest BCUT2D eigenvalue weighted by molar-refractivity contribution is 0.0949. The molecule has 0 aliphatic rings.